The molecule has 8 nitrogen and oxygen atoms in total. The van der Waals surface area contributed by atoms with Gasteiger partial charge in [0.2, 0.25) is 5.91 Å². The van der Waals surface area contributed by atoms with Crippen LogP contribution in [-0.4, -0.2) is 68.7 Å². The van der Waals surface area contributed by atoms with Crippen LogP contribution in [-0.2, 0) is 14.3 Å². The number of carbonyl (C=O) groups is 3. The number of anilines is 1. The molecule has 1 fully saturated rings. The zero-order valence-electron chi connectivity index (χ0n) is 14.7. The first-order valence-corrected chi connectivity index (χ1v) is 8.55. The zero-order valence-corrected chi connectivity index (χ0v) is 14.7. The molecule has 1 aliphatic rings. The topological polar surface area (TPSA) is 92.2 Å². The number of hydrogen-bond acceptors (Lipinski definition) is 4. The van der Waals surface area contributed by atoms with Crippen LogP contribution in [0.2, 0.25) is 0 Å². The number of nitrogens with one attached hydrogen (secondary N) is 3. The molecule has 3 N–H and O–H groups in total. The van der Waals surface area contributed by atoms with Gasteiger partial charge in [-0.15, -0.1) is 0 Å². The van der Waals surface area contributed by atoms with Crippen LogP contribution < -0.4 is 15.5 Å². The van der Waals surface area contributed by atoms with Crippen molar-refractivity contribution in [2.75, 3.05) is 51.2 Å². The molecule has 26 heavy (non-hydrogen) atoms. The van der Waals surface area contributed by atoms with E-state index in [9.17, 15) is 18.8 Å². The number of carbonyl (C=O) groups excluding carboxylic acids is 3. The van der Waals surface area contributed by atoms with Crippen LogP contribution in [0.25, 0.3) is 0 Å². The number of halogens is 1. The Balaban J connectivity index is 1.65. The van der Waals surface area contributed by atoms with Gasteiger partial charge in [-0.2, -0.15) is 0 Å². The van der Waals surface area contributed by atoms with Gasteiger partial charge in [-0.1, -0.05) is 0 Å². The summed E-state index contributed by atoms with van der Waals surface area (Å²) in [4.78, 5) is 38.0. The first-order chi connectivity index (χ1) is 12.5. The molecule has 0 atom stereocenters. The molecule has 0 radical (unpaired) electrons. The second kappa shape index (κ2) is 9.71. The van der Waals surface area contributed by atoms with E-state index >= 15 is 0 Å². The highest BCUT2D eigenvalue weighted by atomic mass is 19.1. The van der Waals surface area contributed by atoms with Crippen molar-refractivity contribution in [3.8, 4) is 0 Å². The molecule has 9 heteroatoms. The number of hydrogen-bond donors (Lipinski definition) is 3. The first-order valence-electron chi connectivity index (χ1n) is 8.55. The van der Waals surface area contributed by atoms with E-state index in [0.717, 1.165) is 4.90 Å². The average Bonchev–Trinajstić information content (AvgIpc) is 2.63. The molecule has 1 aliphatic heterocycles. The number of ether oxygens (including phenoxy) is 1. The molecule has 1 saturated heterocycles. The van der Waals surface area contributed by atoms with Crippen molar-refractivity contribution in [1.29, 1.82) is 0 Å². The van der Waals surface area contributed by atoms with Crippen LogP contribution in [0, 0.1) is 5.82 Å². The van der Waals surface area contributed by atoms with Gasteiger partial charge in [0, 0.05) is 5.69 Å². The van der Waals surface area contributed by atoms with Crippen molar-refractivity contribution >= 4 is 23.6 Å². The van der Waals surface area contributed by atoms with E-state index in [0.29, 0.717) is 38.5 Å². The molecule has 1 heterocycles. The molecule has 3 amide bonds. The van der Waals surface area contributed by atoms with E-state index in [-0.39, 0.29) is 36.8 Å². The Morgan fingerprint density at radius 3 is 2.42 bits per heavy atom. The van der Waals surface area contributed by atoms with Gasteiger partial charge in [0.05, 0.1) is 39.3 Å². The molecule has 0 bridgehead atoms. The minimum atomic E-state index is -0.387. The Labute approximate surface area is 151 Å². The van der Waals surface area contributed by atoms with E-state index < -0.39 is 0 Å². The van der Waals surface area contributed by atoms with Gasteiger partial charge in [-0.25, -0.2) is 9.18 Å². The Morgan fingerprint density at radius 1 is 1.15 bits per heavy atom. The Hall–Kier alpha value is -2.68. The van der Waals surface area contributed by atoms with Crippen LogP contribution in [0.15, 0.2) is 24.3 Å². The van der Waals surface area contributed by atoms with Gasteiger partial charge in [-0.05, 0) is 31.2 Å². The highest BCUT2D eigenvalue weighted by molar-refractivity contribution is 5.94. The summed E-state index contributed by atoms with van der Waals surface area (Å²) in [6, 6.07) is 5.38. The maximum atomic E-state index is 12.8. The standard InChI is InChI=1S/C17H23FN4O4/c1-2-26-17(25)22-9-7-21(8-10-22)12-16(24)19-11-15(23)20-14-5-3-13(18)4-6-14/h3-6H,2,7-12H2,1H3,(H,19,24)(H,20,23)/p+1. The lowest BCUT2D eigenvalue weighted by Crippen LogP contribution is -3.15. The fraction of sp³-hybridized carbons (Fsp3) is 0.471. The lowest BCUT2D eigenvalue weighted by atomic mass is 10.3. The zero-order chi connectivity index (χ0) is 18.9. The molecule has 0 aliphatic carbocycles. The van der Waals surface area contributed by atoms with E-state index in [2.05, 4.69) is 10.6 Å². The molecular formula is C17H24FN4O4+. The van der Waals surface area contributed by atoms with Crippen LogP contribution in [0.5, 0.6) is 0 Å². The van der Waals surface area contributed by atoms with Gasteiger partial charge < -0.3 is 20.3 Å². The third-order valence-corrected chi connectivity index (χ3v) is 3.98. The molecule has 142 valence electrons. The highest BCUT2D eigenvalue weighted by Crippen LogP contribution is 2.07. The summed E-state index contributed by atoms with van der Waals surface area (Å²) in [6.45, 7) is 4.55. The number of nitrogens with zero attached hydrogens (tertiary/aromatic N) is 1. The summed E-state index contributed by atoms with van der Waals surface area (Å²) in [5.41, 5.74) is 0.464. The highest BCUT2D eigenvalue weighted by Gasteiger charge is 2.25. The third-order valence-electron chi connectivity index (χ3n) is 3.98. The van der Waals surface area contributed by atoms with Crippen LogP contribution in [0.1, 0.15) is 6.92 Å². The monoisotopic (exact) mass is 367 g/mol. The summed E-state index contributed by atoms with van der Waals surface area (Å²) in [5.74, 6) is -1.01. The lowest BCUT2D eigenvalue weighted by Gasteiger charge is -2.31. The summed E-state index contributed by atoms with van der Waals surface area (Å²) < 4.78 is 17.8. The smallest absolute Gasteiger partial charge is 0.410 e. The van der Waals surface area contributed by atoms with Gasteiger partial charge in [0.15, 0.2) is 6.54 Å². The van der Waals surface area contributed by atoms with Crippen molar-refractivity contribution < 1.29 is 28.4 Å². The minimum absolute atomic E-state index is 0.154. The molecule has 1 aromatic carbocycles. The molecular weight excluding hydrogens is 343 g/mol. The second-order valence-corrected chi connectivity index (χ2v) is 5.94. The van der Waals surface area contributed by atoms with E-state index in [1.807, 2.05) is 0 Å². The van der Waals surface area contributed by atoms with Crippen molar-refractivity contribution in [2.45, 2.75) is 6.92 Å². The van der Waals surface area contributed by atoms with Gasteiger partial charge in [0.1, 0.15) is 5.82 Å². The Morgan fingerprint density at radius 2 is 1.81 bits per heavy atom. The van der Waals surface area contributed by atoms with Gasteiger partial charge >= 0.3 is 6.09 Å². The first kappa shape index (κ1) is 19.6. The van der Waals surface area contributed by atoms with E-state index in [1.54, 1.807) is 11.8 Å². The molecule has 0 saturated carbocycles. The number of benzene rings is 1. The van der Waals surface area contributed by atoms with Crippen LogP contribution in [0.3, 0.4) is 0 Å². The van der Waals surface area contributed by atoms with Crippen molar-refractivity contribution in [3.63, 3.8) is 0 Å². The Kier molecular flexibility index (Phi) is 7.34. The average molecular weight is 367 g/mol. The summed E-state index contributed by atoms with van der Waals surface area (Å²) in [7, 11) is 0. The minimum Gasteiger partial charge on any atom is -0.450 e. The molecule has 0 unspecified atom stereocenters. The largest absolute Gasteiger partial charge is 0.450 e. The van der Waals surface area contributed by atoms with E-state index in [4.69, 9.17) is 4.74 Å². The molecule has 0 spiro atoms. The van der Waals surface area contributed by atoms with Crippen molar-refractivity contribution in [2.24, 2.45) is 0 Å². The van der Waals surface area contributed by atoms with E-state index in [1.165, 1.54) is 24.3 Å². The summed E-state index contributed by atoms with van der Waals surface area (Å²) in [5, 5.41) is 5.14. The number of rotatable bonds is 6. The normalized spacial score (nSPS) is 14.6. The van der Waals surface area contributed by atoms with Crippen molar-refractivity contribution in [3.05, 3.63) is 30.1 Å². The molecule has 1 aromatic rings. The maximum Gasteiger partial charge on any atom is 0.410 e. The number of piperazine rings is 1. The van der Waals surface area contributed by atoms with Crippen LogP contribution >= 0.6 is 0 Å². The Bertz CT molecular complexity index is 630. The lowest BCUT2D eigenvalue weighted by molar-refractivity contribution is -0.896. The van der Waals surface area contributed by atoms with Crippen molar-refractivity contribution in [1.82, 2.24) is 10.2 Å². The van der Waals surface area contributed by atoms with Crippen LogP contribution in [0.4, 0.5) is 14.9 Å². The quantitative estimate of drug-likeness (QED) is 0.616. The summed E-state index contributed by atoms with van der Waals surface area (Å²) in [6.07, 6.45) is -0.325. The predicted octanol–water partition coefficient (Wildman–Crippen LogP) is -0.763. The SMILES string of the molecule is CCOC(=O)N1CC[NH+](CC(=O)NCC(=O)Nc2ccc(F)cc2)CC1. The number of quaternary nitrogens is 1. The summed E-state index contributed by atoms with van der Waals surface area (Å²) >= 11 is 0. The second-order valence-electron chi connectivity index (χ2n) is 5.94. The third kappa shape index (κ3) is 6.32. The number of amides is 3. The fourth-order valence-corrected chi connectivity index (χ4v) is 2.60. The van der Waals surface area contributed by atoms with Gasteiger partial charge in [-0.3, -0.25) is 14.5 Å². The molecule has 2 rings (SSSR count). The van der Waals surface area contributed by atoms with Gasteiger partial charge in [0.25, 0.3) is 5.91 Å². The fourth-order valence-electron chi connectivity index (χ4n) is 2.60. The maximum absolute atomic E-state index is 12.8. The molecule has 0 aromatic heterocycles. The predicted molar refractivity (Wildman–Crippen MR) is 92.2 cm³/mol.